The van der Waals surface area contributed by atoms with Crippen LogP contribution >= 0.6 is 11.6 Å². The average molecular weight is 499 g/mol. The molecule has 4 aromatic rings. The van der Waals surface area contributed by atoms with Crippen LogP contribution in [0, 0.1) is 6.92 Å². The van der Waals surface area contributed by atoms with Crippen molar-refractivity contribution in [2.24, 2.45) is 0 Å². The zero-order chi connectivity index (χ0) is 25.2. The number of nitrogens with one attached hydrogen (secondary N) is 1. The van der Waals surface area contributed by atoms with Gasteiger partial charge in [0.05, 0.1) is 18.2 Å². The monoisotopic (exact) mass is 498 g/mol. The van der Waals surface area contributed by atoms with E-state index in [0.717, 1.165) is 39.9 Å². The standard InChI is InChI=1S/C29H27ClN4O2/c1-4-20-7-9-21(10-8-20)17-34-19(3)25(26(31-29(34)35)22-13-15-24(30)16-14-22)28-32-27(33-36-28)23-11-5-18(2)6-12-23/h5-16,26H,4,17H2,1-3H3,(H,31,35). The number of hydrogen-bond donors (Lipinski definition) is 1. The van der Waals surface area contributed by atoms with Crippen molar-refractivity contribution in [2.45, 2.75) is 39.8 Å². The molecular weight excluding hydrogens is 472 g/mol. The third-order valence-corrected chi connectivity index (χ3v) is 6.79. The van der Waals surface area contributed by atoms with Crippen LogP contribution in [0.25, 0.3) is 17.0 Å². The van der Waals surface area contributed by atoms with Gasteiger partial charge >= 0.3 is 6.03 Å². The molecule has 0 aliphatic carbocycles. The Morgan fingerprint density at radius 2 is 1.61 bits per heavy atom. The van der Waals surface area contributed by atoms with Crippen LogP contribution in [0.5, 0.6) is 0 Å². The topological polar surface area (TPSA) is 71.3 Å². The molecule has 1 aromatic heterocycles. The van der Waals surface area contributed by atoms with Crippen molar-refractivity contribution in [3.05, 3.63) is 112 Å². The molecule has 6 nitrogen and oxygen atoms in total. The van der Waals surface area contributed by atoms with E-state index in [-0.39, 0.29) is 6.03 Å². The third kappa shape index (κ3) is 4.77. The van der Waals surface area contributed by atoms with E-state index in [4.69, 9.17) is 21.1 Å². The molecule has 7 heteroatoms. The van der Waals surface area contributed by atoms with Gasteiger partial charge in [0.25, 0.3) is 5.89 Å². The number of halogens is 1. The molecule has 5 rings (SSSR count). The predicted molar refractivity (Wildman–Crippen MR) is 141 cm³/mol. The molecule has 36 heavy (non-hydrogen) atoms. The average Bonchev–Trinajstić information content (AvgIpc) is 3.37. The van der Waals surface area contributed by atoms with Crippen LogP contribution in [0.15, 0.2) is 83.0 Å². The highest BCUT2D eigenvalue weighted by atomic mass is 35.5. The molecule has 2 amide bonds. The van der Waals surface area contributed by atoms with E-state index in [1.54, 1.807) is 4.90 Å². The van der Waals surface area contributed by atoms with Gasteiger partial charge in [-0.3, -0.25) is 4.90 Å². The Bertz CT molecular complexity index is 1410. The number of nitrogens with zero attached hydrogens (tertiary/aromatic N) is 3. The number of urea groups is 1. The molecule has 1 unspecified atom stereocenters. The number of hydrogen-bond acceptors (Lipinski definition) is 4. The van der Waals surface area contributed by atoms with Crippen molar-refractivity contribution >= 4 is 23.2 Å². The van der Waals surface area contributed by atoms with E-state index in [1.165, 1.54) is 5.56 Å². The second kappa shape index (κ2) is 9.99. The number of rotatable bonds is 6. The molecule has 1 atom stereocenters. The first kappa shape index (κ1) is 23.8. The van der Waals surface area contributed by atoms with Gasteiger partial charge in [-0.25, -0.2) is 4.79 Å². The van der Waals surface area contributed by atoms with Crippen molar-refractivity contribution in [1.82, 2.24) is 20.4 Å². The van der Waals surface area contributed by atoms with Crippen LogP contribution in [0.1, 0.15) is 48.0 Å². The Balaban J connectivity index is 1.57. The smallest absolute Gasteiger partial charge is 0.322 e. The first-order valence-electron chi connectivity index (χ1n) is 12.0. The summed E-state index contributed by atoms with van der Waals surface area (Å²) >= 11 is 6.13. The van der Waals surface area contributed by atoms with E-state index in [9.17, 15) is 4.79 Å². The number of amides is 2. The Morgan fingerprint density at radius 1 is 0.944 bits per heavy atom. The molecule has 1 aliphatic heterocycles. The van der Waals surface area contributed by atoms with E-state index >= 15 is 0 Å². The van der Waals surface area contributed by atoms with Gasteiger partial charge in [0, 0.05) is 16.3 Å². The SMILES string of the molecule is CCc1ccc(CN2C(=O)NC(c3ccc(Cl)cc3)C(c3nc(-c4ccc(C)cc4)no3)=C2C)cc1. The molecule has 0 radical (unpaired) electrons. The summed E-state index contributed by atoms with van der Waals surface area (Å²) in [5.74, 6) is 0.869. The number of aryl methyl sites for hydroxylation is 2. The maximum absolute atomic E-state index is 13.3. The van der Waals surface area contributed by atoms with Crippen LogP contribution in [-0.2, 0) is 13.0 Å². The van der Waals surface area contributed by atoms with Crippen LogP contribution in [0.2, 0.25) is 5.02 Å². The molecule has 182 valence electrons. The molecular formula is C29H27ClN4O2. The third-order valence-electron chi connectivity index (χ3n) is 6.54. The fraction of sp³-hybridized carbons (Fsp3) is 0.207. The summed E-state index contributed by atoms with van der Waals surface area (Å²) in [6, 6.07) is 23.1. The molecule has 0 bridgehead atoms. The lowest BCUT2D eigenvalue weighted by molar-refractivity contribution is 0.203. The van der Waals surface area contributed by atoms with Crippen molar-refractivity contribution in [3.63, 3.8) is 0 Å². The summed E-state index contributed by atoms with van der Waals surface area (Å²) in [6.07, 6.45) is 0.969. The molecule has 0 spiro atoms. The quantitative estimate of drug-likeness (QED) is 0.312. The first-order valence-corrected chi connectivity index (χ1v) is 12.3. The van der Waals surface area contributed by atoms with Crippen molar-refractivity contribution in [3.8, 4) is 11.4 Å². The Kier molecular flexibility index (Phi) is 6.61. The van der Waals surface area contributed by atoms with Gasteiger partial charge in [-0.1, -0.05) is 89.9 Å². The summed E-state index contributed by atoms with van der Waals surface area (Å²) in [5, 5.41) is 8.01. The maximum Gasteiger partial charge on any atom is 0.322 e. The van der Waals surface area contributed by atoms with Crippen molar-refractivity contribution in [1.29, 1.82) is 0 Å². The zero-order valence-electron chi connectivity index (χ0n) is 20.5. The van der Waals surface area contributed by atoms with Gasteiger partial charge in [-0.15, -0.1) is 0 Å². The second-order valence-corrected chi connectivity index (χ2v) is 9.41. The van der Waals surface area contributed by atoms with Gasteiger partial charge in [0.15, 0.2) is 0 Å². The number of carbonyl (C=O) groups excluding carboxylic acids is 1. The molecule has 0 fully saturated rings. The van der Waals surface area contributed by atoms with E-state index in [1.807, 2.05) is 62.4 Å². The molecule has 3 aromatic carbocycles. The van der Waals surface area contributed by atoms with Gasteiger partial charge in [0.1, 0.15) is 0 Å². The highest BCUT2D eigenvalue weighted by Gasteiger charge is 2.35. The minimum absolute atomic E-state index is 0.186. The number of aromatic nitrogens is 2. The van der Waals surface area contributed by atoms with Crippen molar-refractivity contribution < 1.29 is 9.32 Å². The Labute approximate surface area is 215 Å². The largest absolute Gasteiger partial charge is 0.334 e. The van der Waals surface area contributed by atoms with E-state index < -0.39 is 6.04 Å². The fourth-order valence-corrected chi connectivity index (χ4v) is 4.50. The lowest BCUT2D eigenvalue weighted by Gasteiger charge is -2.35. The van der Waals surface area contributed by atoms with Crippen LogP contribution < -0.4 is 5.32 Å². The minimum Gasteiger partial charge on any atom is -0.334 e. The highest BCUT2D eigenvalue weighted by molar-refractivity contribution is 6.30. The summed E-state index contributed by atoms with van der Waals surface area (Å²) in [4.78, 5) is 19.8. The molecule has 1 N–H and O–H groups in total. The van der Waals surface area contributed by atoms with E-state index in [0.29, 0.717) is 23.3 Å². The van der Waals surface area contributed by atoms with Crippen LogP contribution in [0.4, 0.5) is 4.79 Å². The number of benzene rings is 3. The Morgan fingerprint density at radius 3 is 2.28 bits per heavy atom. The van der Waals surface area contributed by atoms with E-state index in [2.05, 4.69) is 41.7 Å². The highest BCUT2D eigenvalue weighted by Crippen LogP contribution is 2.38. The maximum atomic E-state index is 13.3. The summed E-state index contributed by atoms with van der Waals surface area (Å²) < 4.78 is 5.78. The second-order valence-electron chi connectivity index (χ2n) is 8.98. The van der Waals surface area contributed by atoms with Crippen molar-refractivity contribution in [2.75, 3.05) is 0 Å². The molecule has 0 saturated carbocycles. The predicted octanol–water partition coefficient (Wildman–Crippen LogP) is 6.96. The van der Waals surface area contributed by atoms with Crippen LogP contribution in [-0.4, -0.2) is 21.1 Å². The van der Waals surface area contributed by atoms with Gasteiger partial charge in [-0.2, -0.15) is 4.98 Å². The van der Waals surface area contributed by atoms with Gasteiger partial charge in [-0.05, 0) is 49.1 Å². The van der Waals surface area contributed by atoms with Crippen LogP contribution in [0.3, 0.4) is 0 Å². The molecule has 0 saturated heterocycles. The normalized spacial score (nSPS) is 15.8. The number of carbonyl (C=O) groups is 1. The molecule has 2 heterocycles. The molecule has 1 aliphatic rings. The number of allylic oxidation sites excluding steroid dienone is 1. The summed E-state index contributed by atoms with van der Waals surface area (Å²) in [6.45, 7) is 6.51. The zero-order valence-corrected chi connectivity index (χ0v) is 21.2. The fourth-order valence-electron chi connectivity index (χ4n) is 4.37. The minimum atomic E-state index is -0.459. The summed E-state index contributed by atoms with van der Waals surface area (Å²) in [7, 11) is 0. The first-order chi connectivity index (χ1) is 17.4. The van der Waals surface area contributed by atoms with Gasteiger partial charge < -0.3 is 9.84 Å². The lowest BCUT2D eigenvalue weighted by Crippen LogP contribution is -2.45. The Hall–Kier alpha value is -3.90. The van der Waals surface area contributed by atoms with Gasteiger partial charge in [0.2, 0.25) is 5.82 Å². The summed E-state index contributed by atoms with van der Waals surface area (Å²) in [5.41, 5.74) is 6.71. The lowest BCUT2D eigenvalue weighted by atomic mass is 9.94.